The summed E-state index contributed by atoms with van der Waals surface area (Å²) in [6.45, 7) is 0. The number of alkyl halides is 1. The average Bonchev–Trinajstić information content (AvgIpc) is 2.76. The van der Waals surface area contributed by atoms with Crippen LogP contribution in [0.25, 0.3) is 11.0 Å². The Balaban J connectivity index is 1.84. The molecule has 0 bridgehead atoms. The average molecular weight is 343 g/mol. The first-order valence-corrected chi connectivity index (χ1v) is 7.21. The number of benzene rings is 1. The minimum atomic E-state index is 0.259. The molecular formula is C12H14IN3O. The molecule has 90 valence electrons. The zero-order valence-electron chi connectivity index (χ0n) is 9.42. The molecule has 4 nitrogen and oxygen atoms in total. The van der Waals surface area contributed by atoms with E-state index in [-0.39, 0.29) is 6.10 Å². The van der Waals surface area contributed by atoms with Crippen molar-refractivity contribution in [3.63, 3.8) is 0 Å². The Bertz CT molecular complexity index is 513. The van der Waals surface area contributed by atoms with Crippen LogP contribution in [0.3, 0.4) is 0 Å². The molecule has 0 radical (unpaired) electrons. The fourth-order valence-corrected chi connectivity index (χ4v) is 3.16. The molecule has 1 aliphatic rings. The molecule has 1 fully saturated rings. The van der Waals surface area contributed by atoms with E-state index in [2.05, 4.69) is 32.9 Å². The molecule has 0 N–H and O–H groups in total. The minimum Gasteiger partial charge on any atom is -0.391 e. The topological polar surface area (TPSA) is 39.9 Å². The van der Waals surface area contributed by atoms with Gasteiger partial charge in [0.05, 0.1) is 3.92 Å². The fraction of sp³-hybridized carbons (Fsp3) is 0.500. The summed E-state index contributed by atoms with van der Waals surface area (Å²) in [5.74, 6) is 0. The van der Waals surface area contributed by atoms with Gasteiger partial charge < -0.3 is 4.84 Å². The van der Waals surface area contributed by atoms with Gasteiger partial charge in [-0.1, -0.05) is 46.0 Å². The summed E-state index contributed by atoms with van der Waals surface area (Å²) >= 11 is 2.48. The van der Waals surface area contributed by atoms with Gasteiger partial charge >= 0.3 is 0 Å². The Morgan fingerprint density at radius 1 is 1.24 bits per heavy atom. The number of para-hydroxylation sites is 1. The van der Waals surface area contributed by atoms with Crippen LogP contribution in [-0.2, 0) is 0 Å². The summed E-state index contributed by atoms with van der Waals surface area (Å²) in [6.07, 6.45) is 5.16. The summed E-state index contributed by atoms with van der Waals surface area (Å²) in [6, 6.07) is 7.88. The van der Waals surface area contributed by atoms with Crippen molar-refractivity contribution in [3.8, 4) is 0 Å². The SMILES string of the molecule is I[C@H]1CCCC[C@H]1On1nnc2ccccc21. The highest BCUT2D eigenvalue weighted by Crippen LogP contribution is 2.26. The molecule has 2 aromatic rings. The highest BCUT2D eigenvalue weighted by molar-refractivity contribution is 14.1. The van der Waals surface area contributed by atoms with Crippen molar-refractivity contribution in [2.75, 3.05) is 0 Å². The van der Waals surface area contributed by atoms with Crippen molar-refractivity contribution in [3.05, 3.63) is 24.3 Å². The molecule has 1 saturated carbocycles. The molecule has 0 aliphatic heterocycles. The summed E-state index contributed by atoms with van der Waals surface area (Å²) in [5.41, 5.74) is 1.83. The molecule has 0 saturated heterocycles. The van der Waals surface area contributed by atoms with Gasteiger partial charge in [0, 0.05) is 0 Å². The van der Waals surface area contributed by atoms with Crippen molar-refractivity contribution >= 4 is 33.6 Å². The van der Waals surface area contributed by atoms with E-state index in [0.29, 0.717) is 3.92 Å². The van der Waals surface area contributed by atoms with E-state index in [1.807, 2.05) is 24.3 Å². The number of nitrogens with zero attached hydrogens (tertiary/aromatic N) is 3. The zero-order chi connectivity index (χ0) is 11.7. The standard InChI is InChI=1S/C12H14IN3O/c13-9-5-1-4-8-12(9)17-16-11-7-3-2-6-10(11)14-15-16/h2-3,6-7,9,12H,1,4-5,8H2/t9-,12+/m0/s1. The highest BCUT2D eigenvalue weighted by atomic mass is 127. The number of hydrogen-bond acceptors (Lipinski definition) is 3. The molecule has 0 amide bonds. The number of hydrogen-bond donors (Lipinski definition) is 0. The minimum absolute atomic E-state index is 0.259. The molecule has 1 aliphatic carbocycles. The second-order valence-corrected chi connectivity index (χ2v) is 6.00. The lowest BCUT2D eigenvalue weighted by Crippen LogP contribution is -2.35. The first-order chi connectivity index (χ1) is 8.34. The van der Waals surface area contributed by atoms with Gasteiger partial charge in [-0.25, -0.2) is 0 Å². The van der Waals surface area contributed by atoms with Crippen LogP contribution in [0, 0.1) is 0 Å². The van der Waals surface area contributed by atoms with Crippen molar-refractivity contribution < 1.29 is 4.84 Å². The first-order valence-electron chi connectivity index (χ1n) is 5.96. The van der Waals surface area contributed by atoms with E-state index >= 15 is 0 Å². The second kappa shape index (κ2) is 4.80. The van der Waals surface area contributed by atoms with Gasteiger partial charge in [-0.15, -0.1) is 5.10 Å². The van der Waals surface area contributed by atoms with Crippen LogP contribution in [0.15, 0.2) is 24.3 Å². The van der Waals surface area contributed by atoms with Gasteiger partial charge in [-0.2, -0.15) is 0 Å². The number of rotatable bonds is 2. The number of halogens is 1. The molecule has 3 rings (SSSR count). The lowest BCUT2D eigenvalue weighted by molar-refractivity contribution is 0.00640. The third-order valence-corrected chi connectivity index (χ3v) is 4.60. The monoisotopic (exact) mass is 343 g/mol. The molecule has 0 spiro atoms. The maximum Gasteiger partial charge on any atom is 0.139 e. The lowest BCUT2D eigenvalue weighted by atomic mass is 9.98. The van der Waals surface area contributed by atoms with Crippen LogP contribution in [0.1, 0.15) is 25.7 Å². The van der Waals surface area contributed by atoms with Gasteiger partial charge in [-0.05, 0) is 36.6 Å². The van der Waals surface area contributed by atoms with Crippen LogP contribution >= 0.6 is 22.6 Å². The molecule has 1 aromatic heterocycles. The van der Waals surface area contributed by atoms with E-state index in [1.54, 1.807) is 4.85 Å². The molecule has 5 heteroatoms. The third kappa shape index (κ3) is 2.25. The first kappa shape index (κ1) is 11.3. The summed E-state index contributed by atoms with van der Waals surface area (Å²) in [5, 5.41) is 8.16. The normalized spacial score (nSPS) is 25.0. The Hall–Kier alpha value is -0.850. The second-order valence-electron chi connectivity index (χ2n) is 4.40. The van der Waals surface area contributed by atoms with E-state index in [4.69, 9.17) is 4.84 Å². The van der Waals surface area contributed by atoms with Crippen molar-refractivity contribution in [1.82, 2.24) is 15.2 Å². The van der Waals surface area contributed by atoms with Gasteiger partial charge in [0.1, 0.15) is 17.1 Å². The van der Waals surface area contributed by atoms with E-state index in [9.17, 15) is 0 Å². The Labute approximate surface area is 113 Å². The summed E-state index contributed by atoms with van der Waals surface area (Å²) < 4.78 is 0.573. The Morgan fingerprint density at radius 2 is 2.06 bits per heavy atom. The van der Waals surface area contributed by atoms with Gasteiger partial charge in [0.25, 0.3) is 0 Å². The highest BCUT2D eigenvalue weighted by Gasteiger charge is 2.25. The van der Waals surface area contributed by atoms with Crippen LogP contribution < -0.4 is 4.84 Å². The Morgan fingerprint density at radius 3 is 2.94 bits per heavy atom. The molecule has 2 atom stereocenters. The zero-order valence-corrected chi connectivity index (χ0v) is 11.6. The number of fused-ring (bicyclic) bond motifs is 1. The molecule has 0 unspecified atom stereocenters. The van der Waals surface area contributed by atoms with Gasteiger partial charge in [0.2, 0.25) is 0 Å². The van der Waals surface area contributed by atoms with Crippen LogP contribution in [-0.4, -0.2) is 25.2 Å². The van der Waals surface area contributed by atoms with Gasteiger partial charge in [-0.3, -0.25) is 0 Å². The van der Waals surface area contributed by atoms with E-state index < -0.39 is 0 Å². The molecular weight excluding hydrogens is 329 g/mol. The van der Waals surface area contributed by atoms with Gasteiger partial charge in [0.15, 0.2) is 0 Å². The quantitative estimate of drug-likeness (QED) is 0.622. The summed E-state index contributed by atoms with van der Waals surface area (Å²) in [7, 11) is 0. The number of aromatic nitrogens is 3. The van der Waals surface area contributed by atoms with Crippen LogP contribution in [0.4, 0.5) is 0 Å². The molecule has 1 heterocycles. The third-order valence-electron chi connectivity index (χ3n) is 3.18. The lowest BCUT2D eigenvalue weighted by Gasteiger charge is -2.26. The predicted molar refractivity (Wildman–Crippen MR) is 74.2 cm³/mol. The smallest absolute Gasteiger partial charge is 0.139 e. The Kier molecular flexibility index (Phi) is 3.17. The van der Waals surface area contributed by atoms with Crippen LogP contribution in [0.2, 0.25) is 0 Å². The largest absolute Gasteiger partial charge is 0.391 e. The fourth-order valence-electron chi connectivity index (χ4n) is 2.22. The van der Waals surface area contributed by atoms with Crippen LogP contribution in [0.5, 0.6) is 0 Å². The summed E-state index contributed by atoms with van der Waals surface area (Å²) in [4.78, 5) is 7.54. The maximum absolute atomic E-state index is 5.96. The molecule has 1 aromatic carbocycles. The van der Waals surface area contributed by atoms with Crippen molar-refractivity contribution in [1.29, 1.82) is 0 Å². The van der Waals surface area contributed by atoms with Crippen molar-refractivity contribution in [2.45, 2.75) is 35.7 Å². The van der Waals surface area contributed by atoms with Crippen molar-refractivity contribution in [2.24, 2.45) is 0 Å². The van der Waals surface area contributed by atoms with E-state index in [0.717, 1.165) is 17.5 Å². The predicted octanol–water partition coefficient (Wildman–Crippen LogP) is 2.61. The van der Waals surface area contributed by atoms with E-state index in [1.165, 1.54) is 19.3 Å². The maximum atomic E-state index is 5.96. The molecule has 17 heavy (non-hydrogen) atoms.